The van der Waals surface area contributed by atoms with Crippen molar-refractivity contribution in [3.8, 4) is 11.8 Å². The van der Waals surface area contributed by atoms with Gasteiger partial charge >= 0.3 is 6.18 Å². The van der Waals surface area contributed by atoms with Crippen molar-refractivity contribution in [3.63, 3.8) is 0 Å². The van der Waals surface area contributed by atoms with Crippen LogP contribution in [-0.4, -0.2) is 27.0 Å². The van der Waals surface area contributed by atoms with Gasteiger partial charge in [-0.1, -0.05) is 26.0 Å². The zero-order valence-electron chi connectivity index (χ0n) is 18.1. The molecule has 0 saturated heterocycles. The molecule has 1 aliphatic rings. The Balaban J connectivity index is 2.03. The van der Waals surface area contributed by atoms with E-state index in [0.717, 1.165) is 0 Å². The molecule has 0 amide bonds. The first kappa shape index (κ1) is 22.7. The van der Waals surface area contributed by atoms with Crippen molar-refractivity contribution in [2.75, 3.05) is 5.32 Å². The van der Waals surface area contributed by atoms with E-state index in [1.165, 1.54) is 45.2 Å². The molecular weight excluding hydrogens is 435 g/mol. The Hall–Kier alpha value is -3.51. The normalized spacial score (nSPS) is 21.9. The summed E-state index contributed by atoms with van der Waals surface area (Å²) in [5.74, 6) is -0.386. The number of pyridine rings is 1. The number of halogens is 3. The predicted octanol–water partition coefficient (Wildman–Crippen LogP) is 4.54. The van der Waals surface area contributed by atoms with Crippen molar-refractivity contribution in [2.45, 2.75) is 50.4 Å². The first-order valence-corrected chi connectivity index (χ1v) is 10.2. The highest BCUT2D eigenvalue weighted by Crippen LogP contribution is 2.57. The molecule has 0 radical (unpaired) electrons. The largest absolute Gasteiger partial charge is 0.506 e. The first-order valence-electron chi connectivity index (χ1n) is 10.2. The highest BCUT2D eigenvalue weighted by atomic mass is 19.4. The molecule has 0 aliphatic heterocycles. The topological polar surface area (TPSA) is 109 Å². The second-order valence-electron chi connectivity index (χ2n) is 9.13. The number of rotatable bonds is 2. The summed E-state index contributed by atoms with van der Waals surface area (Å²) in [5.41, 5.74) is -4.18. The van der Waals surface area contributed by atoms with Gasteiger partial charge in [0.05, 0.1) is 11.6 Å². The van der Waals surface area contributed by atoms with E-state index in [0.29, 0.717) is 5.39 Å². The van der Waals surface area contributed by atoms with Crippen LogP contribution in [0.5, 0.6) is 5.75 Å². The van der Waals surface area contributed by atoms with Gasteiger partial charge in [-0.2, -0.15) is 18.4 Å². The van der Waals surface area contributed by atoms with Crippen LogP contribution in [0.15, 0.2) is 41.3 Å². The SMILES string of the molecule is Cc1cc2c(c(O)c1C#N)C(C)(C)CC(O)(C(F)(F)F)C2Nc1cccc2c(=O)[nH]ccc12. The van der Waals surface area contributed by atoms with Gasteiger partial charge in [-0.25, -0.2) is 0 Å². The zero-order chi connectivity index (χ0) is 24.3. The van der Waals surface area contributed by atoms with E-state index in [1.807, 2.05) is 6.07 Å². The van der Waals surface area contributed by atoms with E-state index < -0.39 is 35.2 Å². The third-order valence-electron chi connectivity index (χ3n) is 6.42. The Labute approximate surface area is 187 Å². The van der Waals surface area contributed by atoms with Crippen LogP contribution in [0.1, 0.15) is 48.6 Å². The number of aromatic nitrogens is 1. The number of H-pyrrole nitrogens is 1. The highest BCUT2D eigenvalue weighted by Gasteiger charge is 2.64. The summed E-state index contributed by atoms with van der Waals surface area (Å²) >= 11 is 0. The molecule has 9 heteroatoms. The molecule has 0 saturated carbocycles. The molecule has 3 aromatic rings. The van der Waals surface area contributed by atoms with Crippen LogP contribution in [0.4, 0.5) is 18.9 Å². The van der Waals surface area contributed by atoms with Gasteiger partial charge < -0.3 is 20.5 Å². The monoisotopic (exact) mass is 457 g/mol. The predicted molar refractivity (Wildman–Crippen MR) is 117 cm³/mol. The molecule has 0 spiro atoms. The molecule has 1 aliphatic carbocycles. The average molecular weight is 457 g/mol. The van der Waals surface area contributed by atoms with Crippen molar-refractivity contribution < 1.29 is 23.4 Å². The van der Waals surface area contributed by atoms with Crippen LogP contribution in [0.3, 0.4) is 0 Å². The van der Waals surface area contributed by atoms with Gasteiger partial charge in [-0.3, -0.25) is 4.79 Å². The summed E-state index contributed by atoms with van der Waals surface area (Å²) in [6, 6.07) is 7.75. The lowest BCUT2D eigenvalue weighted by Crippen LogP contribution is -2.58. The molecule has 6 nitrogen and oxygen atoms in total. The Morgan fingerprint density at radius 2 is 1.94 bits per heavy atom. The number of aryl methyl sites for hydroxylation is 1. The lowest BCUT2D eigenvalue weighted by molar-refractivity contribution is -0.275. The number of nitrogens with zero attached hydrogens (tertiary/aromatic N) is 1. The van der Waals surface area contributed by atoms with Crippen LogP contribution >= 0.6 is 0 Å². The number of nitriles is 1. The number of aromatic amines is 1. The van der Waals surface area contributed by atoms with Gasteiger partial charge in [0.1, 0.15) is 11.8 Å². The van der Waals surface area contributed by atoms with Crippen molar-refractivity contribution in [1.82, 2.24) is 4.98 Å². The van der Waals surface area contributed by atoms with Gasteiger partial charge in [-0.15, -0.1) is 0 Å². The highest BCUT2D eigenvalue weighted by molar-refractivity contribution is 5.93. The summed E-state index contributed by atoms with van der Waals surface area (Å²) in [4.78, 5) is 14.7. The maximum Gasteiger partial charge on any atom is 0.419 e. The summed E-state index contributed by atoms with van der Waals surface area (Å²) in [7, 11) is 0. The molecule has 1 heterocycles. The fraction of sp³-hybridized carbons (Fsp3) is 0.333. The number of hydrogen-bond acceptors (Lipinski definition) is 5. The number of aromatic hydroxyl groups is 1. The van der Waals surface area contributed by atoms with Gasteiger partial charge in [0.15, 0.2) is 5.60 Å². The van der Waals surface area contributed by atoms with E-state index in [1.54, 1.807) is 12.1 Å². The van der Waals surface area contributed by atoms with Crippen molar-refractivity contribution >= 4 is 16.5 Å². The lowest BCUT2D eigenvalue weighted by atomic mass is 9.62. The average Bonchev–Trinajstić information content (AvgIpc) is 2.70. The summed E-state index contributed by atoms with van der Waals surface area (Å²) in [6.07, 6.45) is -4.38. The molecule has 172 valence electrons. The minimum Gasteiger partial charge on any atom is -0.506 e. The number of anilines is 1. The summed E-state index contributed by atoms with van der Waals surface area (Å²) < 4.78 is 43.1. The van der Waals surface area contributed by atoms with Crippen molar-refractivity contribution in [3.05, 3.63) is 69.1 Å². The number of phenolic OH excluding ortho intramolecular Hbond substituents is 1. The number of benzene rings is 2. The van der Waals surface area contributed by atoms with Crippen LogP contribution in [0.2, 0.25) is 0 Å². The molecule has 1 aromatic heterocycles. The minimum absolute atomic E-state index is 0.0188. The number of aliphatic hydroxyl groups is 1. The van der Waals surface area contributed by atoms with Crippen LogP contribution < -0.4 is 10.9 Å². The van der Waals surface area contributed by atoms with Crippen LogP contribution in [-0.2, 0) is 5.41 Å². The summed E-state index contributed by atoms with van der Waals surface area (Å²) in [5, 5.41) is 34.9. The second kappa shape index (κ2) is 7.25. The van der Waals surface area contributed by atoms with Crippen molar-refractivity contribution in [1.29, 1.82) is 5.26 Å². The van der Waals surface area contributed by atoms with Gasteiger partial charge in [0, 0.05) is 28.2 Å². The Morgan fingerprint density at radius 3 is 2.58 bits per heavy atom. The molecule has 2 aromatic carbocycles. The van der Waals surface area contributed by atoms with Crippen LogP contribution in [0.25, 0.3) is 10.8 Å². The molecule has 2 atom stereocenters. The smallest absolute Gasteiger partial charge is 0.419 e. The van der Waals surface area contributed by atoms with Gasteiger partial charge in [0.25, 0.3) is 5.56 Å². The maximum atomic E-state index is 14.4. The quantitative estimate of drug-likeness (QED) is 0.452. The number of phenols is 1. The Morgan fingerprint density at radius 1 is 1.24 bits per heavy atom. The first-order chi connectivity index (χ1) is 15.3. The van der Waals surface area contributed by atoms with E-state index >= 15 is 0 Å². The molecule has 4 N–H and O–H groups in total. The fourth-order valence-corrected chi connectivity index (χ4v) is 4.99. The van der Waals surface area contributed by atoms with E-state index in [-0.39, 0.29) is 39.1 Å². The Kier molecular flexibility index (Phi) is 4.98. The van der Waals surface area contributed by atoms with E-state index in [9.17, 15) is 33.4 Å². The third kappa shape index (κ3) is 3.33. The minimum atomic E-state index is -5.01. The second-order valence-corrected chi connectivity index (χ2v) is 9.13. The number of hydrogen-bond donors (Lipinski definition) is 4. The van der Waals surface area contributed by atoms with Gasteiger partial charge in [-0.05, 0) is 48.1 Å². The molecule has 4 rings (SSSR count). The zero-order valence-corrected chi connectivity index (χ0v) is 18.1. The number of nitrogens with one attached hydrogen (secondary N) is 2. The number of alkyl halides is 3. The Bertz CT molecular complexity index is 1370. The third-order valence-corrected chi connectivity index (χ3v) is 6.42. The van der Waals surface area contributed by atoms with E-state index in [4.69, 9.17) is 0 Å². The van der Waals surface area contributed by atoms with Crippen molar-refractivity contribution in [2.24, 2.45) is 0 Å². The van der Waals surface area contributed by atoms with Crippen LogP contribution in [0, 0.1) is 18.3 Å². The molecular formula is C24H22F3N3O3. The maximum absolute atomic E-state index is 14.4. The fourth-order valence-electron chi connectivity index (χ4n) is 4.99. The standard InChI is InChI=1S/C24H22F3N3O3/c1-12-9-15-18(19(31)16(12)10-28)22(2,3)11-23(33,24(25,26)27)20(15)30-17-6-4-5-14-13(17)7-8-29-21(14)32/h4-9,20,30-31,33H,11H2,1-3H3,(H,29,32). The number of fused-ring (bicyclic) bond motifs is 2. The van der Waals surface area contributed by atoms with E-state index in [2.05, 4.69) is 10.3 Å². The molecule has 33 heavy (non-hydrogen) atoms. The van der Waals surface area contributed by atoms with Gasteiger partial charge in [0.2, 0.25) is 0 Å². The molecule has 2 unspecified atom stereocenters. The summed E-state index contributed by atoms with van der Waals surface area (Å²) in [6.45, 7) is 4.50. The molecule has 0 fully saturated rings. The lowest BCUT2D eigenvalue weighted by Gasteiger charge is -2.49. The molecule has 0 bridgehead atoms.